The summed E-state index contributed by atoms with van der Waals surface area (Å²) in [5, 5.41) is 3.67. The summed E-state index contributed by atoms with van der Waals surface area (Å²) in [6.45, 7) is 8.95. The van der Waals surface area contributed by atoms with Crippen LogP contribution in [0.2, 0.25) is 0 Å². The molecule has 2 aromatic rings. The minimum atomic E-state index is 0.0115. The highest BCUT2D eigenvalue weighted by Crippen LogP contribution is 2.37. The molecule has 0 radical (unpaired) electrons. The molecule has 2 N–H and O–H groups in total. The number of benzene rings is 2. The molecule has 22 heavy (non-hydrogen) atoms. The first-order valence-corrected chi connectivity index (χ1v) is 7.98. The highest BCUT2D eigenvalue weighted by Gasteiger charge is 2.27. The van der Waals surface area contributed by atoms with Crippen LogP contribution in [0.15, 0.2) is 42.5 Å². The fourth-order valence-electron chi connectivity index (χ4n) is 2.83. The molecule has 0 saturated carbocycles. The van der Waals surface area contributed by atoms with Crippen molar-refractivity contribution in [2.45, 2.75) is 45.8 Å². The van der Waals surface area contributed by atoms with E-state index in [9.17, 15) is 0 Å². The van der Waals surface area contributed by atoms with Gasteiger partial charge in [-0.05, 0) is 29.0 Å². The summed E-state index contributed by atoms with van der Waals surface area (Å²) in [5.74, 6) is 0.951. The number of para-hydroxylation sites is 2. The molecule has 3 nitrogen and oxygen atoms in total. The van der Waals surface area contributed by atoms with Gasteiger partial charge in [0.1, 0.15) is 0 Å². The second kappa shape index (κ2) is 6.11. The number of hydroxylamine groups is 1. The van der Waals surface area contributed by atoms with Crippen LogP contribution < -0.4 is 10.8 Å². The van der Waals surface area contributed by atoms with Crippen LogP contribution in [0.4, 0.5) is 11.4 Å². The second-order valence-electron chi connectivity index (χ2n) is 6.45. The number of nitrogens with one attached hydrogen (secondary N) is 2. The van der Waals surface area contributed by atoms with Gasteiger partial charge >= 0.3 is 0 Å². The third kappa shape index (κ3) is 3.01. The van der Waals surface area contributed by atoms with Gasteiger partial charge in [0.25, 0.3) is 0 Å². The molecule has 0 bridgehead atoms. The minimum absolute atomic E-state index is 0.0115. The molecule has 1 aliphatic heterocycles. The Morgan fingerprint density at radius 2 is 1.50 bits per heavy atom. The third-order valence-corrected chi connectivity index (χ3v) is 4.11. The maximum absolute atomic E-state index is 5.24. The third-order valence-electron chi connectivity index (χ3n) is 4.11. The molecule has 0 amide bonds. The Morgan fingerprint density at radius 3 is 2.05 bits per heavy atom. The lowest BCUT2D eigenvalue weighted by atomic mass is 9.92. The lowest BCUT2D eigenvalue weighted by Crippen LogP contribution is -2.05. The van der Waals surface area contributed by atoms with Crippen LogP contribution in [0.5, 0.6) is 0 Å². The van der Waals surface area contributed by atoms with E-state index in [1.54, 1.807) is 0 Å². The normalized spacial score (nSPS) is 17.1. The maximum Gasteiger partial charge on any atom is 0.178 e. The van der Waals surface area contributed by atoms with Crippen molar-refractivity contribution >= 4 is 11.4 Å². The molecule has 1 atom stereocenters. The van der Waals surface area contributed by atoms with Crippen molar-refractivity contribution in [3.63, 3.8) is 0 Å². The van der Waals surface area contributed by atoms with Gasteiger partial charge in [-0.1, -0.05) is 64.1 Å². The van der Waals surface area contributed by atoms with Crippen LogP contribution in [-0.4, -0.2) is 0 Å². The Bertz CT molecular complexity index is 634. The first kappa shape index (κ1) is 15.1. The van der Waals surface area contributed by atoms with E-state index in [4.69, 9.17) is 4.84 Å². The number of rotatable bonds is 5. The molecular formula is C19H24N2O. The van der Waals surface area contributed by atoms with Gasteiger partial charge in [0.05, 0.1) is 0 Å². The number of hydrogen-bond donors (Lipinski definition) is 2. The van der Waals surface area contributed by atoms with Crippen molar-refractivity contribution in [3.8, 4) is 0 Å². The average Bonchev–Trinajstić information content (AvgIpc) is 3.32. The topological polar surface area (TPSA) is 46.5 Å². The average molecular weight is 296 g/mol. The molecule has 0 spiro atoms. The van der Waals surface area contributed by atoms with Crippen LogP contribution in [-0.2, 0) is 4.84 Å². The predicted molar refractivity (Wildman–Crippen MR) is 91.3 cm³/mol. The lowest BCUT2D eigenvalue weighted by Gasteiger charge is -2.22. The number of hydrogen-bond acceptors (Lipinski definition) is 3. The van der Waals surface area contributed by atoms with Gasteiger partial charge < -0.3 is 5.32 Å². The summed E-state index contributed by atoms with van der Waals surface area (Å²) in [6, 6.07) is 14.9. The fourth-order valence-corrected chi connectivity index (χ4v) is 2.83. The molecule has 116 valence electrons. The Morgan fingerprint density at radius 1 is 0.909 bits per heavy atom. The van der Waals surface area contributed by atoms with Crippen molar-refractivity contribution in [1.82, 2.24) is 5.48 Å². The Kier molecular flexibility index (Phi) is 4.19. The van der Waals surface area contributed by atoms with E-state index >= 15 is 0 Å². The highest BCUT2D eigenvalue weighted by molar-refractivity contribution is 5.70. The van der Waals surface area contributed by atoms with E-state index in [1.165, 1.54) is 16.8 Å². The summed E-state index contributed by atoms with van der Waals surface area (Å²) in [6.07, 6.45) is 0.0115. The molecule has 0 aromatic heterocycles. The molecule has 1 saturated heterocycles. The van der Waals surface area contributed by atoms with E-state index < -0.39 is 0 Å². The van der Waals surface area contributed by atoms with Crippen molar-refractivity contribution in [2.24, 2.45) is 0 Å². The van der Waals surface area contributed by atoms with Crippen molar-refractivity contribution in [2.75, 3.05) is 5.32 Å². The van der Waals surface area contributed by atoms with E-state index in [2.05, 4.69) is 74.9 Å². The van der Waals surface area contributed by atoms with Crippen LogP contribution in [0.3, 0.4) is 0 Å². The molecule has 1 heterocycles. The quantitative estimate of drug-likeness (QED) is 0.744. The summed E-state index contributed by atoms with van der Waals surface area (Å²) >= 11 is 0. The molecule has 2 aromatic carbocycles. The Labute approximate surface area is 132 Å². The van der Waals surface area contributed by atoms with Gasteiger partial charge in [0, 0.05) is 16.9 Å². The fraction of sp³-hybridized carbons (Fsp3) is 0.368. The van der Waals surface area contributed by atoms with Crippen LogP contribution in [0, 0.1) is 0 Å². The van der Waals surface area contributed by atoms with E-state index in [-0.39, 0.29) is 6.23 Å². The SMILES string of the molecule is CC(C)c1cccc(C(C)C)c1Nc1ccccc1C1NO1. The van der Waals surface area contributed by atoms with Gasteiger partial charge in [-0.15, -0.1) is 0 Å². The predicted octanol–water partition coefficient (Wildman–Crippen LogP) is 5.21. The molecule has 0 aliphatic carbocycles. The van der Waals surface area contributed by atoms with Gasteiger partial charge in [-0.3, -0.25) is 4.84 Å². The van der Waals surface area contributed by atoms with Crippen molar-refractivity contribution in [1.29, 1.82) is 0 Å². The molecule has 1 unspecified atom stereocenters. The van der Waals surface area contributed by atoms with Gasteiger partial charge in [-0.2, -0.15) is 5.48 Å². The highest BCUT2D eigenvalue weighted by atomic mass is 16.8. The monoisotopic (exact) mass is 296 g/mol. The van der Waals surface area contributed by atoms with E-state index in [0.29, 0.717) is 11.8 Å². The maximum atomic E-state index is 5.24. The Hall–Kier alpha value is -1.84. The largest absolute Gasteiger partial charge is 0.355 e. The molecular weight excluding hydrogens is 272 g/mol. The number of anilines is 2. The van der Waals surface area contributed by atoms with Gasteiger partial charge in [-0.25, -0.2) is 0 Å². The first-order chi connectivity index (χ1) is 10.6. The van der Waals surface area contributed by atoms with Gasteiger partial charge in [0.15, 0.2) is 6.23 Å². The molecule has 3 rings (SSSR count). The van der Waals surface area contributed by atoms with E-state index in [0.717, 1.165) is 11.3 Å². The summed E-state index contributed by atoms with van der Waals surface area (Å²) in [4.78, 5) is 5.24. The van der Waals surface area contributed by atoms with E-state index in [1.807, 2.05) is 6.07 Å². The summed E-state index contributed by atoms with van der Waals surface area (Å²) in [7, 11) is 0. The van der Waals surface area contributed by atoms with Crippen molar-refractivity contribution in [3.05, 3.63) is 59.2 Å². The smallest absolute Gasteiger partial charge is 0.178 e. The van der Waals surface area contributed by atoms with Crippen molar-refractivity contribution < 1.29 is 4.84 Å². The summed E-state index contributed by atoms with van der Waals surface area (Å²) in [5.41, 5.74) is 9.11. The molecule has 1 aliphatic rings. The first-order valence-electron chi connectivity index (χ1n) is 7.98. The van der Waals surface area contributed by atoms with Crippen LogP contribution in [0.1, 0.15) is 62.4 Å². The van der Waals surface area contributed by atoms with Gasteiger partial charge in [0.2, 0.25) is 0 Å². The standard InChI is InChI=1S/C19H24N2O/c1-12(2)14-9-7-10-15(13(3)4)18(14)20-17-11-6-5-8-16(17)19-21-22-19/h5-13,19-21H,1-4H3. The minimum Gasteiger partial charge on any atom is -0.355 e. The van der Waals surface area contributed by atoms with Crippen LogP contribution in [0.25, 0.3) is 0 Å². The Balaban J connectivity index is 2.04. The zero-order valence-electron chi connectivity index (χ0n) is 13.7. The molecule has 3 heteroatoms. The van der Waals surface area contributed by atoms with Crippen LogP contribution >= 0.6 is 0 Å². The lowest BCUT2D eigenvalue weighted by molar-refractivity contribution is 0.375. The second-order valence-corrected chi connectivity index (χ2v) is 6.45. The summed E-state index contributed by atoms with van der Waals surface area (Å²) < 4.78 is 0. The zero-order valence-corrected chi connectivity index (χ0v) is 13.7. The zero-order chi connectivity index (χ0) is 15.7. The molecule has 1 fully saturated rings.